The summed E-state index contributed by atoms with van der Waals surface area (Å²) in [6.07, 6.45) is 6.67. The van der Waals surface area contributed by atoms with Gasteiger partial charge in [0, 0.05) is 37.4 Å². The number of nitrogens with one attached hydrogen (secondary N) is 1. The first-order valence-corrected chi connectivity index (χ1v) is 9.55. The van der Waals surface area contributed by atoms with E-state index in [1.165, 1.54) is 18.2 Å². The summed E-state index contributed by atoms with van der Waals surface area (Å²) in [4.78, 5) is 27.0. The Labute approximate surface area is 158 Å². The van der Waals surface area contributed by atoms with Crippen LogP contribution >= 0.6 is 0 Å². The Hall–Kier alpha value is -2.63. The second-order valence-corrected chi connectivity index (χ2v) is 7.65. The van der Waals surface area contributed by atoms with E-state index in [4.69, 9.17) is 0 Å². The number of rotatable bonds is 4. The van der Waals surface area contributed by atoms with Crippen LogP contribution in [0.4, 0.5) is 10.1 Å². The Kier molecular flexibility index (Phi) is 4.72. The molecule has 1 N–H and O–H groups in total. The highest BCUT2D eigenvalue weighted by atomic mass is 19.1. The molecule has 2 heterocycles. The number of carbonyl (C=O) groups is 2. The second-order valence-electron chi connectivity index (χ2n) is 7.65. The molecule has 1 aliphatic heterocycles. The lowest BCUT2D eigenvalue weighted by atomic mass is 10.0. The van der Waals surface area contributed by atoms with Crippen LogP contribution in [0.1, 0.15) is 42.6 Å². The molecule has 0 spiro atoms. The minimum Gasteiger partial charge on any atom is -0.351 e. The van der Waals surface area contributed by atoms with E-state index in [1.54, 1.807) is 4.90 Å². The molecule has 2 fully saturated rings. The maximum Gasteiger partial charge on any atom is 0.256 e. The Balaban J connectivity index is 1.46. The van der Waals surface area contributed by atoms with Gasteiger partial charge in [-0.15, -0.1) is 0 Å². The van der Waals surface area contributed by atoms with E-state index in [1.807, 2.05) is 31.5 Å². The van der Waals surface area contributed by atoms with Crippen LogP contribution in [0.25, 0.3) is 0 Å². The first-order valence-electron chi connectivity index (χ1n) is 9.55. The van der Waals surface area contributed by atoms with Crippen LogP contribution in [0.2, 0.25) is 0 Å². The van der Waals surface area contributed by atoms with E-state index in [0.29, 0.717) is 30.7 Å². The summed E-state index contributed by atoms with van der Waals surface area (Å²) >= 11 is 0. The number of benzene rings is 1. The van der Waals surface area contributed by atoms with Crippen molar-refractivity contribution in [3.8, 4) is 0 Å². The van der Waals surface area contributed by atoms with Crippen molar-refractivity contribution >= 4 is 17.5 Å². The van der Waals surface area contributed by atoms with Crippen molar-refractivity contribution in [2.24, 2.45) is 11.8 Å². The third kappa shape index (κ3) is 3.75. The van der Waals surface area contributed by atoms with Gasteiger partial charge < -0.3 is 14.8 Å². The molecule has 2 atom stereocenters. The lowest BCUT2D eigenvalue weighted by molar-refractivity contribution is -0.117. The number of hydrogen-bond acceptors (Lipinski definition) is 2. The number of likely N-dealkylation sites (tertiary alicyclic amines) is 1. The van der Waals surface area contributed by atoms with Gasteiger partial charge in [0.15, 0.2) is 0 Å². The fourth-order valence-electron chi connectivity index (χ4n) is 3.84. The van der Waals surface area contributed by atoms with Crippen LogP contribution in [0.5, 0.6) is 0 Å². The van der Waals surface area contributed by atoms with Crippen LogP contribution in [-0.2, 0) is 4.79 Å². The quantitative estimate of drug-likeness (QED) is 0.893. The van der Waals surface area contributed by atoms with Gasteiger partial charge in [-0.1, -0.05) is 6.92 Å². The molecule has 0 bridgehead atoms. The summed E-state index contributed by atoms with van der Waals surface area (Å²) in [5.74, 6) is -0.417. The molecule has 1 saturated heterocycles. The number of piperidine rings is 1. The minimum atomic E-state index is -0.474. The summed E-state index contributed by atoms with van der Waals surface area (Å²) in [6.45, 7) is 3.26. The van der Waals surface area contributed by atoms with Gasteiger partial charge in [-0.05, 0) is 55.5 Å². The zero-order valence-corrected chi connectivity index (χ0v) is 15.4. The average molecular weight is 369 g/mol. The number of halogens is 1. The highest BCUT2D eigenvalue weighted by molar-refractivity contribution is 6.04. The molecule has 4 rings (SSSR count). The van der Waals surface area contributed by atoms with Crippen molar-refractivity contribution in [3.63, 3.8) is 0 Å². The molecule has 6 heteroatoms. The van der Waals surface area contributed by atoms with Gasteiger partial charge in [-0.3, -0.25) is 9.59 Å². The largest absolute Gasteiger partial charge is 0.351 e. The molecule has 0 unspecified atom stereocenters. The summed E-state index contributed by atoms with van der Waals surface area (Å²) in [6, 6.07) is 8.37. The molecule has 1 aromatic heterocycles. The zero-order chi connectivity index (χ0) is 19.0. The number of nitrogens with zero attached hydrogens (tertiary/aromatic N) is 2. The summed E-state index contributed by atoms with van der Waals surface area (Å²) in [5.41, 5.74) is 0.633. The van der Waals surface area contributed by atoms with E-state index in [0.717, 1.165) is 19.3 Å². The van der Waals surface area contributed by atoms with E-state index in [9.17, 15) is 14.0 Å². The molecule has 5 nitrogen and oxygen atoms in total. The monoisotopic (exact) mass is 369 g/mol. The van der Waals surface area contributed by atoms with Gasteiger partial charge in [-0.25, -0.2) is 4.39 Å². The van der Waals surface area contributed by atoms with Crippen molar-refractivity contribution in [3.05, 3.63) is 54.1 Å². The van der Waals surface area contributed by atoms with Crippen molar-refractivity contribution < 1.29 is 14.0 Å². The molecule has 2 amide bonds. The molecule has 142 valence electrons. The van der Waals surface area contributed by atoms with E-state index >= 15 is 0 Å². The Morgan fingerprint density at radius 2 is 1.81 bits per heavy atom. The highest BCUT2D eigenvalue weighted by Gasteiger charge is 2.39. The van der Waals surface area contributed by atoms with Gasteiger partial charge in [0.05, 0.1) is 11.3 Å². The van der Waals surface area contributed by atoms with Gasteiger partial charge in [-0.2, -0.15) is 0 Å². The molecule has 27 heavy (non-hydrogen) atoms. The van der Waals surface area contributed by atoms with Crippen molar-refractivity contribution in [2.75, 3.05) is 18.4 Å². The Morgan fingerprint density at radius 3 is 2.44 bits per heavy atom. The van der Waals surface area contributed by atoms with Crippen LogP contribution < -0.4 is 5.32 Å². The molecular formula is C21H24FN3O2. The summed E-state index contributed by atoms with van der Waals surface area (Å²) < 4.78 is 16.0. The van der Waals surface area contributed by atoms with Gasteiger partial charge >= 0.3 is 0 Å². The van der Waals surface area contributed by atoms with E-state index in [2.05, 4.69) is 9.88 Å². The van der Waals surface area contributed by atoms with Crippen LogP contribution in [0.15, 0.2) is 42.7 Å². The number of carbonyl (C=O) groups excluding carboxylic acids is 2. The normalized spacial score (nSPS) is 22.5. The topological polar surface area (TPSA) is 54.3 Å². The molecule has 2 aliphatic rings. The van der Waals surface area contributed by atoms with Crippen molar-refractivity contribution in [1.82, 2.24) is 9.47 Å². The van der Waals surface area contributed by atoms with Gasteiger partial charge in [0.1, 0.15) is 5.82 Å². The Bertz CT molecular complexity index is 841. The molecule has 1 aliphatic carbocycles. The van der Waals surface area contributed by atoms with E-state index in [-0.39, 0.29) is 23.3 Å². The fourth-order valence-corrected chi connectivity index (χ4v) is 3.84. The lowest BCUT2D eigenvalue weighted by Crippen LogP contribution is -2.39. The Morgan fingerprint density at radius 1 is 1.15 bits per heavy atom. The molecular weight excluding hydrogens is 345 g/mol. The molecule has 1 saturated carbocycles. The van der Waals surface area contributed by atoms with Crippen molar-refractivity contribution in [2.45, 2.75) is 32.2 Å². The highest BCUT2D eigenvalue weighted by Crippen LogP contribution is 2.38. The molecule has 2 aromatic rings. The smallest absolute Gasteiger partial charge is 0.256 e. The van der Waals surface area contributed by atoms with E-state index < -0.39 is 5.82 Å². The predicted octanol–water partition coefficient (Wildman–Crippen LogP) is 3.70. The number of hydrogen-bond donors (Lipinski definition) is 1. The SMILES string of the molecule is C[C@H]1C[C@H]1C(=O)Nc1ccc(F)cc1C(=O)N1CCC(n2cccc2)CC1. The van der Waals surface area contributed by atoms with Crippen LogP contribution in [0, 0.1) is 17.7 Å². The van der Waals surface area contributed by atoms with Gasteiger partial charge in [0.2, 0.25) is 5.91 Å². The maximum atomic E-state index is 13.8. The second kappa shape index (κ2) is 7.18. The van der Waals surface area contributed by atoms with Crippen molar-refractivity contribution in [1.29, 1.82) is 0 Å². The predicted molar refractivity (Wildman–Crippen MR) is 101 cm³/mol. The third-order valence-electron chi connectivity index (χ3n) is 5.72. The van der Waals surface area contributed by atoms with Crippen LogP contribution in [0.3, 0.4) is 0 Å². The third-order valence-corrected chi connectivity index (χ3v) is 5.72. The minimum absolute atomic E-state index is 0.00433. The maximum absolute atomic E-state index is 13.8. The number of aromatic nitrogens is 1. The lowest BCUT2D eigenvalue weighted by Gasteiger charge is -2.33. The summed E-state index contributed by atoms with van der Waals surface area (Å²) in [7, 11) is 0. The zero-order valence-electron chi connectivity index (χ0n) is 15.4. The molecule has 1 aromatic carbocycles. The average Bonchev–Trinajstić information content (AvgIpc) is 3.18. The fraction of sp³-hybridized carbons (Fsp3) is 0.429. The van der Waals surface area contributed by atoms with Gasteiger partial charge in [0.25, 0.3) is 5.91 Å². The summed E-state index contributed by atoms with van der Waals surface area (Å²) in [5, 5.41) is 2.82. The first kappa shape index (κ1) is 17.8. The number of amides is 2. The first-order chi connectivity index (χ1) is 13.0. The standard InChI is InChI=1S/C21H24FN3O2/c1-14-12-17(14)20(26)23-19-5-4-15(22)13-18(19)21(27)25-10-6-16(7-11-25)24-8-2-3-9-24/h2-5,8-9,13-14,16-17H,6-7,10-12H2,1H3,(H,23,26)/t14-,17+/m0/s1. The number of anilines is 1. The molecule has 0 radical (unpaired) electrons. The van der Waals surface area contributed by atoms with Crippen LogP contribution in [-0.4, -0.2) is 34.4 Å².